The summed E-state index contributed by atoms with van der Waals surface area (Å²) in [4.78, 5) is 23.0. The Morgan fingerprint density at radius 2 is 1.75 bits per heavy atom. The van der Waals surface area contributed by atoms with Crippen LogP contribution in [-0.2, 0) is 9.59 Å². The first-order valence-corrected chi connectivity index (χ1v) is 8.34. The van der Waals surface area contributed by atoms with E-state index in [1.165, 1.54) is 6.92 Å². The first kappa shape index (κ1) is 20.0. The summed E-state index contributed by atoms with van der Waals surface area (Å²) in [6.45, 7) is 12.4. The molecular formula is C19H30N2O3. The van der Waals surface area contributed by atoms with Gasteiger partial charge in [-0.05, 0) is 30.4 Å². The van der Waals surface area contributed by atoms with E-state index in [0.29, 0.717) is 13.2 Å². The van der Waals surface area contributed by atoms with Crippen LogP contribution in [0.2, 0.25) is 0 Å². The van der Waals surface area contributed by atoms with Crippen LogP contribution < -0.4 is 15.4 Å². The molecule has 0 fully saturated rings. The number of nitrogens with one attached hydrogen (secondary N) is 2. The van der Waals surface area contributed by atoms with Crippen molar-refractivity contribution in [3.05, 3.63) is 29.3 Å². The second-order valence-electron chi connectivity index (χ2n) is 7.25. The molecule has 24 heavy (non-hydrogen) atoms. The molecule has 1 rings (SSSR count). The second kappa shape index (κ2) is 8.71. The standard InChI is InChI=1S/C19H30N2O3/c1-13-8-7-9-14(2)18(13)24-12-16(19(4,5)6)21-17(23)10-11-20-15(3)22/h7-9,16H,10-12H2,1-6H3,(H,20,22)(H,21,23)/t16-/m1/s1. The summed E-state index contributed by atoms with van der Waals surface area (Å²) in [7, 11) is 0. The average Bonchev–Trinajstić information content (AvgIpc) is 2.44. The number of para-hydroxylation sites is 1. The van der Waals surface area contributed by atoms with Crippen molar-refractivity contribution >= 4 is 11.8 Å². The topological polar surface area (TPSA) is 67.4 Å². The van der Waals surface area contributed by atoms with Crippen LogP contribution in [0.25, 0.3) is 0 Å². The Balaban J connectivity index is 2.66. The third-order valence-electron chi connectivity index (χ3n) is 3.91. The van der Waals surface area contributed by atoms with Crippen LogP contribution in [0, 0.1) is 19.3 Å². The number of rotatable bonds is 7. The summed E-state index contributed by atoms with van der Waals surface area (Å²) in [5, 5.41) is 5.65. The van der Waals surface area contributed by atoms with Gasteiger partial charge in [-0.1, -0.05) is 39.0 Å². The molecule has 0 aliphatic rings. The molecule has 1 aromatic carbocycles. The minimum Gasteiger partial charge on any atom is -0.491 e. The van der Waals surface area contributed by atoms with Gasteiger partial charge in [-0.15, -0.1) is 0 Å². The molecule has 0 aromatic heterocycles. The highest BCUT2D eigenvalue weighted by Gasteiger charge is 2.27. The van der Waals surface area contributed by atoms with Crippen LogP contribution in [0.5, 0.6) is 5.75 Å². The molecule has 0 bridgehead atoms. The summed E-state index contributed by atoms with van der Waals surface area (Å²) < 4.78 is 6.02. The maximum Gasteiger partial charge on any atom is 0.222 e. The molecule has 0 heterocycles. The largest absolute Gasteiger partial charge is 0.491 e. The fraction of sp³-hybridized carbons (Fsp3) is 0.579. The van der Waals surface area contributed by atoms with Crippen molar-refractivity contribution in [1.29, 1.82) is 0 Å². The van der Waals surface area contributed by atoms with Crippen LogP contribution in [0.1, 0.15) is 45.2 Å². The lowest BCUT2D eigenvalue weighted by Gasteiger charge is -2.32. The van der Waals surface area contributed by atoms with E-state index in [9.17, 15) is 9.59 Å². The lowest BCUT2D eigenvalue weighted by Crippen LogP contribution is -2.48. The van der Waals surface area contributed by atoms with Crippen LogP contribution in [0.3, 0.4) is 0 Å². The minimum atomic E-state index is -0.139. The van der Waals surface area contributed by atoms with Crippen LogP contribution in [0.4, 0.5) is 0 Å². The quantitative estimate of drug-likeness (QED) is 0.806. The van der Waals surface area contributed by atoms with E-state index in [-0.39, 0.29) is 29.7 Å². The number of aryl methyl sites for hydroxylation is 2. The molecular weight excluding hydrogens is 304 g/mol. The fourth-order valence-electron chi connectivity index (χ4n) is 2.32. The molecule has 1 atom stereocenters. The van der Waals surface area contributed by atoms with Crippen molar-refractivity contribution in [2.75, 3.05) is 13.2 Å². The van der Waals surface area contributed by atoms with E-state index < -0.39 is 0 Å². The van der Waals surface area contributed by atoms with E-state index in [4.69, 9.17) is 4.74 Å². The highest BCUT2D eigenvalue weighted by molar-refractivity contribution is 5.78. The lowest BCUT2D eigenvalue weighted by atomic mass is 9.87. The first-order chi connectivity index (χ1) is 11.1. The van der Waals surface area contributed by atoms with Gasteiger partial charge >= 0.3 is 0 Å². The maximum absolute atomic E-state index is 12.1. The van der Waals surface area contributed by atoms with Crippen molar-refractivity contribution in [2.45, 2.75) is 54.0 Å². The van der Waals surface area contributed by atoms with E-state index >= 15 is 0 Å². The molecule has 134 valence electrons. The lowest BCUT2D eigenvalue weighted by molar-refractivity contribution is -0.123. The number of carbonyl (C=O) groups is 2. The summed E-state index contributed by atoms with van der Waals surface area (Å²) in [5.41, 5.74) is 2.03. The Morgan fingerprint density at radius 1 is 1.17 bits per heavy atom. The fourth-order valence-corrected chi connectivity index (χ4v) is 2.32. The van der Waals surface area contributed by atoms with Crippen LogP contribution in [-0.4, -0.2) is 31.0 Å². The molecule has 0 unspecified atom stereocenters. The number of ether oxygens (including phenoxy) is 1. The molecule has 2 N–H and O–H groups in total. The van der Waals surface area contributed by atoms with Gasteiger partial charge in [0, 0.05) is 19.9 Å². The number of benzene rings is 1. The Morgan fingerprint density at radius 3 is 2.25 bits per heavy atom. The summed E-state index contributed by atoms with van der Waals surface area (Å²) in [5.74, 6) is 0.654. The third kappa shape index (κ3) is 6.60. The zero-order valence-corrected chi connectivity index (χ0v) is 15.7. The average molecular weight is 334 g/mol. The van der Waals surface area contributed by atoms with E-state index in [0.717, 1.165) is 16.9 Å². The Labute approximate surface area is 145 Å². The molecule has 0 saturated carbocycles. The Hall–Kier alpha value is -2.04. The minimum absolute atomic E-state index is 0.0891. The smallest absolute Gasteiger partial charge is 0.222 e. The number of carbonyl (C=O) groups excluding carboxylic acids is 2. The van der Waals surface area contributed by atoms with Gasteiger partial charge < -0.3 is 15.4 Å². The van der Waals surface area contributed by atoms with E-state index in [2.05, 4.69) is 31.4 Å². The number of hydrogen-bond acceptors (Lipinski definition) is 3. The molecule has 0 radical (unpaired) electrons. The zero-order chi connectivity index (χ0) is 18.3. The third-order valence-corrected chi connectivity index (χ3v) is 3.91. The highest BCUT2D eigenvalue weighted by atomic mass is 16.5. The van der Waals surface area contributed by atoms with Crippen LogP contribution in [0.15, 0.2) is 18.2 Å². The van der Waals surface area contributed by atoms with Crippen molar-refractivity contribution < 1.29 is 14.3 Å². The normalized spacial score (nSPS) is 12.4. The van der Waals surface area contributed by atoms with Gasteiger partial charge in [-0.2, -0.15) is 0 Å². The summed E-state index contributed by atoms with van der Waals surface area (Å²) in [6, 6.07) is 5.91. The highest BCUT2D eigenvalue weighted by Crippen LogP contribution is 2.25. The van der Waals surface area contributed by atoms with Gasteiger partial charge in [0.05, 0.1) is 6.04 Å². The van der Waals surface area contributed by atoms with Crippen molar-refractivity contribution in [2.24, 2.45) is 5.41 Å². The molecule has 0 spiro atoms. The van der Waals surface area contributed by atoms with Crippen molar-refractivity contribution in [1.82, 2.24) is 10.6 Å². The SMILES string of the molecule is CC(=O)NCCC(=O)N[C@H](COc1c(C)cccc1C)C(C)(C)C. The van der Waals surface area contributed by atoms with E-state index in [1.807, 2.05) is 32.0 Å². The molecule has 0 aliphatic heterocycles. The van der Waals surface area contributed by atoms with Crippen molar-refractivity contribution in [3.63, 3.8) is 0 Å². The number of amides is 2. The second-order valence-corrected chi connectivity index (χ2v) is 7.25. The zero-order valence-electron chi connectivity index (χ0n) is 15.7. The maximum atomic E-state index is 12.1. The van der Waals surface area contributed by atoms with Gasteiger partial charge in [0.2, 0.25) is 11.8 Å². The molecule has 5 heteroatoms. The van der Waals surface area contributed by atoms with Gasteiger partial charge in [-0.3, -0.25) is 9.59 Å². The molecule has 2 amide bonds. The summed E-state index contributed by atoms with van der Waals surface area (Å²) in [6.07, 6.45) is 0.259. The summed E-state index contributed by atoms with van der Waals surface area (Å²) >= 11 is 0. The van der Waals surface area contributed by atoms with Gasteiger partial charge in [-0.25, -0.2) is 0 Å². The van der Waals surface area contributed by atoms with Gasteiger partial charge in [0.15, 0.2) is 0 Å². The van der Waals surface area contributed by atoms with E-state index in [1.54, 1.807) is 0 Å². The molecule has 5 nitrogen and oxygen atoms in total. The Kier molecular flexibility index (Phi) is 7.26. The van der Waals surface area contributed by atoms with Gasteiger partial charge in [0.25, 0.3) is 0 Å². The van der Waals surface area contributed by atoms with Crippen molar-refractivity contribution in [3.8, 4) is 5.75 Å². The van der Waals surface area contributed by atoms with Crippen LogP contribution >= 0.6 is 0 Å². The molecule has 1 aromatic rings. The first-order valence-electron chi connectivity index (χ1n) is 8.34. The monoisotopic (exact) mass is 334 g/mol. The Bertz CT molecular complexity index is 556. The van der Waals surface area contributed by atoms with Gasteiger partial charge in [0.1, 0.15) is 12.4 Å². The predicted molar refractivity (Wildman–Crippen MR) is 96.1 cm³/mol. The molecule has 0 aliphatic carbocycles. The number of hydrogen-bond donors (Lipinski definition) is 2. The predicted octanol–water partition coefficient (Wildman–Crippen LogP) is 2.74. The molecule has 0 saturated heterocycles.